The largest absolute Gasteiger partial charge is 0.388 e. The molecule has 0 aromatic heterocycles. The third kappa shape index (κ3) is 3.34. The summed E-state index contributed by atoms with van der Waals surface area (Å²) in [5.74, 6) is 0.687. The Hall–Kier alpha value is -1.59. The first-order valence-corrected chi connectivity index (χ1v) is 11.9. The molecule has 3 saturated carbocycles. The van der Waals surface area contributed by atoms with Crippen molar-refractivity contribution in [1.82, 2.24) is 14.7 Å². The first kappa shape index (κ1) is 20.3. The number of amides is 2. The zero-order valence-electron chi connectivity index (χ0n) is 18.6. The molecule has 0 radical (unpaired) electrons. The van der Waals surface area contributed by atoms with Crippen LogP contribution in [0.25, 0.3) is 0 Å². The average molecular weight is 412 g/mol. The molecule has 164 valence electrons. The van der Waals surface area contributed by atoms with Crippen LogP contribution >= 0.6 is 0 Å². The molecular weight excluding hydrogens is 374 g/mol. The van der Waals surface area contributed by atoms with E-state index in [-0.39, 0.29) is 17.1 Å². The molecule has 0 atom stereocenters. The number of urea groups is 1. The molecule has 1 aromatic rings. The quantitative estimate of drug-likeness (QED) is 0.774. The molecule has 1 aliphatic heterocycles. The summed E-state index contributed by atoms with van der Waals surface area (Å²) in [7, 11) is 4.40. The van der Waals surface area contributed by atoms with Crippen molar-refractivity contribution in [2.75, 3.05) is 33.7 Å². The van der Waals surface area contributed by atoms with E-state index < -0.39 is 5.60 Å². The van der Waals surface area contributed by atoms with Crippen molar-refractivity contribution < 1.29 is 9.90 Å². The van der Waals surface area contributed by atoms with E-state index in [9.17, 15) is 9.90 Å². The molecule has 0 unspecified atom stereocenters. The van der Waals surface area contributed by atoms with Gasteiger partial charge in [-0.1, -0.05) is 30.3 Å². The standard InChI is InChI=1S/C25H37N3O2/c1-26(2)25(21-7-4-3-5-8-21)15-13-23(14-16-25)18-27(19-24(30)11-6-12-24)22(29)28(23)17-20-9-10-20/h3-5,7-8,20,30H,6,9-19H2,1-2H3. The molecule has 5 nitrogen and oxygen atoms in total. The first-order valence-electron chi connectivity index (χ1n) is 11.9. The smallest absolute Gasteiger partial charge is 0.320 e. The lowest BCUT2D eigenvalue weighted by Crippen LogP contribution is -2.55. The number of benzene rings is 1. The predicted octanol–water partition coefficient (Wildman–Crippen LogP) is 3.82. The molecule has 1 N–H and O–H groups in total. The van der Waals surface area contributed by atoms with Gasteiger partial charge in [0.1, 0.15) is 0 Å². The Morgan fingerprint density at radius 3 is 2.23 bits per heavy atom. The maximum absolute atomic E-state index is 13.5. The van der Waals surface area contributed by atoms with E-state index in [0.717, 1.165) is 58.0 Å². The van der Waals surface area contributed by atoms with Gasteiger partial charge in [-0.2, -0.15) is 0 Å². The van der Waals surface area contributed by atoms with Gasteiger partial charge in [0.15, 0.2) is 0 Å². The summed E-state index contributed by atoms with van der Waals surface area (Å²) in [6, 6.07) is 11.1. The minimum Gasteiger partial charge on any atom is -0.388 e. The van der Waals surface area contributed by atoms with Crippen LogP contribution in [0.5, 0.6) is 0 Å². The van der Waals surface area contributed by atoms with Crippen molar-refractivity contribution in [2.45, 2.75) is 74.5 Å². The van der Waals surface area contributed by atoms with Gasteiger partial charge in [0.05, 0.1) is 17.7 Å². The summed E-state index contributed by atoms with van der Waals surface area (Å²) in [5.41, 5.74) is 0.732. The SMILES string of the molecule is CN(C)C1(c2ccccc2)CCC2(CC1)CN(CC1(O)CCC1)C(=O)N2CC1CC1. The van der Waals surface area contributed by atoms with Crippen molar-refractivity contribution in [2.24, 2.45) is 5.92 Å². The van der Waals surface area contributed by atoms with Gasteiger partial charge in [-0.3, -0.25) is 4.90 Å². The number of carbonyl (C=O) groups is 1. The first-order chi connectivity index (χ1) is 14.4. The van der Waals surface area contributed by atoms with Crippen LogP contribution in [0, 0.1) is 5.92 Å². The molecule has 5 rings (SSSR count). The highest BCUT2D eigenvalue weighted by Crippen LogP contribution is 2.50. The summed E-state index contributed by atoms with van der Waals surface area (Å²) >= 11 is 0. The van der Waals surface area contributed by atoms with Gasteiger partial charge in [-0.05, 0) is 83.4 Å². The lowest BCUT2D eigenvalue weighted by Gasteiger charge is -2.51. The number of rotatable bonds is 6. The van der Waals surface area contributed by atoms with E-state index in [4.69, 9.17) is 0 Å². The second-order valence-corrected chi connectivity index (χ2v) is 10.8. The highest BCUT2D eigenvalue weighted by Gasteiger charge is 2.56. The molecule has 5 heteroatoms. The Morgan fingerprint density at radius 1 is 1.03 bits per heavy atom. The number of hydrogen-bond donors (Lipinski definition) is 1. The lowest BCUT2D eigenvalue weighted by molar-refractivity contribution is -0.0504. The topological polar surface area (TPSA) is 47.0 Å². The van der Waals surface area contributed by atoms with Crippen molar-refractivity contribution in [3.8, 4) is 0 Å². The molecule has 1 saturated heterocycles. The average Bonchev–Trinajstić information content (AvgIpc) is 3.51. The number of hydrogen-bond acceptors (Lipinski definition) is 3. The molecule has 1 heterocycles. The van der Waals surface area contributed by atoms with Crippen LogP contribution in [0.15, 0.2) is 30.3 Å². The van der Waals surface area contributed by atoms with E-state index in [1.807, 2.05) is 4.90 Å². The minimum absolute atomic E-state index is 0.0421. The van der Waals surface area contributed by atoms with Crippen LogP contribution in [-0.2, 0) is 5.54 Å². The fourth-order valence-electron chi connectivity index (χ4n) is 6.23. The maximum Gasteiger partial charge on any atom is 0.320 e. The molecular formula is C25H37N3O2. The number of aliphatic hydroxyl groups is 1. The van der Waals surface area contributed by atoms with Gasteiger partial charge >= 0.3 is 6.03 Å². The summed E-state index contributed by atoms with van der Waals surface area (Å²) in [4.78, 5) is 20.1. The second-order valence-electron chi connectivity index (χ2n) is 10.8. The number of carbonyl (C=O) groups excluding carboxylic acids is 1. The Kier molecular flexibility index (Phi) is 4.90. The van der Waals surface area contributed by atoms with Gasteiger partial charge in [-0.15, -0.1) is 0 Å². The predicted molar refractivity (Wildman–Crippen MR) is 118 cm³/mol. The summed E-state index contributed by atoms with van der Waals surface area (Å²) < 4.78 is 0. The zero-order valence-corrected chi connectivity index (χ0v) is 18.6. The third-order valence-corrected chi connectivity index (χ3v) is 8.64. The summed E-state index contributed by atoms with van der Waals surface area (Å²) in [6.07, 6.45) is 9.48. The maximum atomic E-state index is 13.5. The minimum atomic E-state index is -0.640. The highest BCUT2D eigenvalue weighted by atomic mass is 16.3. The van der Waals surface area contributed by atoms with Crippen LogP contribution in [0.2, 0.25) is 0 Å². The molecule has 30 heavy (non-hydrogen) atoms. The van der Waals surface area contributed by atoms with E-state index in [2.05, 4.69) is 54.2 Å². The summed E-state index contributed by atoms with van der Waals surface area (Å²) in [6.45, 7) is 2.22. The van der Waals surface area contributed by atoms with Crippen molar-refractivity contribution in [1.29, 1.82) is 0 Å². The van der Waals surface area contributed by atoms with E-state index in [1.165, 1.54) is 18.4 Å². The molecule has 0 bridgehead atoms. The van der Waals surface area contributed by atoms with Crippen molar-refractivity contribution in [3.63, 3.8) is 0 Å². The van der Waals surface area contributed by atoms with Gasteiger partial charge < -0.3 is 14.9 Å². The van der Waals surface area contributed by atoms with Crippen LogP contribution in [0.1, 0.15) is 63.4 Å². The van der Waals surface area contributed by atoms with E-state index in [1.54, 1.807) is 0 Å². The normalized spacial score (nSPS) is 33.4. The van der Waals surface area contributed by atoms with Crippen LogP contribution < -0.4 is 0 Å². The Morgan fingerprint density at radius 2 is 1.70 bits per heavy atom. The monoisotopic (exact) mass is 411 g/mol. The molecule has 3 aliphatic carbocycles. The fraction of sp³-hybridized carbons (Fsp3) is 0.720. The number of β-amino-alcohol motifs (C(OH)–C–C–N with tert-alkyl or cyclic N) is 1. The van der Waals surface area contributed by atoms with Gasteiger partial charge in [0.2, 0.25) is 0 Å². The Bertz CT molecular complexity index is 777. The Labute approximate surface area is 181 Å². The summed E-state index contributed by atoms with van der Waals surface area (Å²) in [5, 5.41) is 10.7. The van der Waals surface area contributed by atoms with Crippen molar-refractivity contribution >= 4 is 6.03 Å². The lowest BCUT2D eigenvalue weighted by atomic mass is 9.68. The van der Waals surface area contributed by atoms with Gasteiger partial charge in [0, 0.05) is 18.6 Å². The van der Waals surface area contributed by atoms with Crippen LogP contribution in [-0.4, -0.2) is 70.7 Å². The number of nitrogens with zero attached hydrogens (tertiary/aromatic N) is 3. The van der Waals surface area contributed by atoms with Gasteiger partial charge in [-0.25, -0.2) is 4.79 Å². The van der Waals surface area contributed by atoms with E-state index in [0.29, 0.717) is 12.5 Å². The molecule has 1 aromatic carbocycles. The van der Waals surface area contributed by atoms with Gasteiger partial charge in [0.25, 0.3) is 0 Å². The Balaban J connectivity index is 1.39. The molecule has 4 aliphatic rings. The highest BCUT2D eigenvalue weighted by molar-refractivity contribution is 5.78. The molecule has 2 amide bonds. The second kappa shape index (κ2) is 7.23. The fourth-order valence-corrected chi connectivity index (χ4v) is 6.23. The zero-order chi connectivity index (χ0) is 21.0. The third-order valence-electron chi connectivity index (χ3n) is 8.64. The van der Waals surface area contributed by atoms with E-state index >= 15 is 0 Å². The molecule has 1 spiro atoms. The van der Waals surface area contributed by atoms with Crippen molar-refractivity contribution in [3.05, 3.63) is 35.9 Å². The molecule has 4 fully saturated rings. The van der Waals surface area contributed by atoms with Crippen LogP contribution in [0.4, 0.5) is 4.79 Å². The van der Waals surface area contributed by atoms with Crippen LogP contribution in [0.3, 0.4) is 0 Å².